The Hall–Kier alpha value is -0.0400. The van der Waals surface area contributed by atoms with Gasteiger partial charge in [-0.05, 0) is 30.1 Å². The standard InChI is InChI=1S/C9H17O/c1-9(2,3)8-4-7(5-8)6-10/h7,10H,4-6H2,1-3H3. The fourth-order valence-electron chi connectivity index (χ4n) is 1.38. The molecule has 1 rings (SSSR count). The largest absolute Gasteiger partial charge is 0.396 e. The molecule has 1 fully saturated rings. The van der Waals surface area contributed by atoms with E-state index in [1.165, 1.54) is 0 Å². The van der Waals surface area contributed by atoms with E-state index in [1.807, 2.05) is 0 Å². The third-order valence-corrected chi connectivity index (χ3v) is 2.39. The Morgan fingerprint density at radius 1 is 1.40 bits per heavy atom. The predicted molar refractivity (Wildman–Crippen MR) is 42.5 cm³/mol. The molecule has 0 aromatic rings. The van der Waals surface area contributed by atoms with Gasteiger partial charge in [0.15, 0.2) is 0 Å². The van der Waals surface area contributed by atoms with Crippen LogP contribution in [-0.4, -0.2) is 11.7 Å². The zero-order chi connectivity index (χ0) is 7.78. The molecule has 1 nitrogen and oxygen atoms in total. The van der Waals surface area contributed by atoms with Crippen LogP contribution in [-0.2, 0) is 0 Å². The van der Waals surface area contributed by atoms with Crippen molar-refractivity contribution in [3.63, 3.8) is 0 Å². The van der Waals surface area contributed by atoms with Gasteiger partial charge in [0.2, 0.25) is 0 Å². The van der Waals surface area contributed by atoms with Gasteiger partial charge >= 0.3 is 0 Å². The van der Waals surface area contributed by atoms with Crippen molar-refractivity contribution in [2.75, 3.05) is 6.61 Å². The van der Waals surface area contributed by atoms with Crippen LogP contribution in [0.15, 0.2) is 0 Å². The molecule has 0 bridgehead atoms. The molecule has 1 aliphatic rings. The van der Waals surface area contributed by atoms with Crippen molar-refractivity contribution in [3.05, 3.63) is 5.92 Å². The third kappa shape index (κ3) is 1.51. The second-order valence-electron chi connectivity index (χ2n) is 4.31. The molecule has 0 atom stereocenters. The van der Waals surface area contributed by atoms with E-state index >= 15 is 0 Å². The summed E-state index contributed by atoms with van der Waals surface area (Å²) in [5, 5.41) is 8.76. The summed E-state index contributed by atoms with van der Waals surface area (Å²) in [5.41, 5.74) is 0.381. The van der Waals surface area contributed by atoms with Gasteiger partial charge in [-0.1, -0.05) is 20.8 Å². The van der Waals surface area contributed by atoms with Crippen molar-refractivity contribution in [2.45, 2.75) is 33.6 Å². The summed E-state index contributed by atoms with van der Waals surface area (Å²) < 4.78 is 0. The van der Waals surface area contributed by atoms with Gasteiger partial charge in [0.25, 0.3) is 0 Å². The summed E-state index contributed by atoms with van der Waals surface area (Å²) in [6, 6.07) is 0. The van der Waals surface area contributed by atoms with Crippen LogP contribution >= 0.6 is 0 Å². The molecule has 0 saturated heterocycles. The Morgan fingerprint density at radius 2 is 1.90 bits per heavy atom. The summed E-state index contributed by atoms with van der Waals surface area (Å²) in [5.74, 6) is 2.20. The Balaban J connectivity index is 2.26. The van der Waals surface area contributed by atoms with Crippen LogP contribution in [0.2, 0.25) is 0 Å². The second kappa shape index (κ2) is 2.54. The molecule has 0 aromatic carbocycles. The first-order valence-electron chi connectivity index (χ1n) is 4.00. The zero-order valence-corrected chi connectivity index (χ0v) is 7.15. The topological polar surface area (TPSA) is 20.2 Å². The first-order chi connectivity index (χ1) is 4.54. The van der Waals surface area contributed by atoms with Gasteiger partial charge in [0, 0.05) is 6.61 Å². The maximum absolute atomic E-state index is 8.76. The van der Waals surface area contributed by atoms with E-state index in [9.17, 15) is 0 Å². The Bertz CT molecular complexity index is 106. The molecular weight excluding hydrogens is 124 g/mol. The highest BCUT2D eigenvalue weighted by molar-refractivity contribution is 5.10. The van der Waals surface area contributed by atoms with Gasteiger partial charge in [-0.3, -0.25) is 0 Å². The molecule has 0 heterocycles. The van der Waals surface area contributed by atoms with E-state index in [1.54, 1.807) is 5.92 Å². The minimum Gasteiger partial charge on any atom is -0.396 e. The molecule has 0 spiro atoms. The highest BCUT2D eigenvalue weighted by Gasteiger charge is 2.36. The van der Waals surface area contributed by atoms with E-state index < -0.39 is 0 Å². The zero-order valence-electron chi connectivity index (χ0n) is 7.15. The van der Waals surface area contributed by atoms with Crippen LogP contribution in [0.3, 0.4) is 0 Å². The van der Waals surface area contributed by atoms with Crippen molar-refractivity contribution in [2.24, 2.45) is 11.3 Å². The lowest BCUT2D eigenvalue weighted by atomic mass is 9.63. The molecule has 1 heteroatoms. The molecule has 1 aliphatic carbocycles. The monoisotopic (exact) mass is 141 g/mol. The number of rotatable bonds is 1. The van der Waals surface area contributed by atoms with Crippen molar-refractivity contribution in [1.29, 1.82) is 0 Å². The smallest absolute Gasteiger partial charge is 0.0459 e. The van der Waals surface area contributed by atoms with Gasteiger partial charge in [-0.25, -0.2) is 0 Å². The molecule has 59 valence electrons. The second-order valence-corrected chi connectivity index (χ2v) is 4.31. The fourth-order valence-corrected chi connectivity index (χ4v) is 1.38. The Morgan fingerprint density at radius 3 is 2.20 bits per heavy atom. The molecule has 1 N–H and O–H groups in total. The fraction of sp³-hybridized carbons (Fsp3) is 0.889. The molecule has 1 saturated carbocycles. The first kappa shape index (κ1) is 8.06. The summed E-state index contributed by atoms with van der Waals surface area (Å²) >= 11 is 0. The number of hydrogen-bond acceptors (Lipinski definition) is 1. The summed E-state index contributed by atoms with van der Waals surface area (Å²) in [4.78, 5) is 0. The molecule has 1 radical (unpaired) electrons. The lowest BCUT2D eigenvalue weighted by molar-refractivity contribution is 0.144. The molecular formula is C9H17O. The SMILES string of the molecule is CC(C)(C)[C]1CC(CO)C1. The Labute approximate surface area is 63.4 Å². The first-order valence-corrected chi connectivity index (χ1v) is 4.00. The summed E-state index contributed by atoms with van der Waals surface area (Å²) in [7, 11) is 0. The van der Waals surface area contributed by atoms with E-state index in [2.05, 4.69) is 20.8 Å². The van der Waals surface area contributed by atoms with Gasteiger partial charge in [0.05, 0.1) is 0 Å². The van der Waals surface area contributed by atoms with Crippen LogP contribution in [0.1, 0.15) is 33.6 Å². The molecule has 0 aliphatic heterocycles. The van der Waals surface area contributed by atoms with Crippen LogP contribution < -0.4 is 0 Å². The molecule has 0 aromatic heterocycles. The lowest BCUT2D eigenvalue weighted by Gasteiger charge is -2.42. The third-order valence-electron chi connectivity index (χ3n) is 2.39. The maximum atomic E-state index is 8.76. The van der Waals surface area contributed by atoms with E-state index in [-0.39, 0.29) is 0 Å². The highest BCUT2D eigenvalue weighted by Crippen LogP contribution is 2.46. The minimum absolute atomic E-state index is 0.375. The minimum atomic E-state index is 0.375. The van der Waals surface area contributed by atoms with Crippen LogP contribution in [0.25, 0.3) is 0 Å². The van der Waals surface area contributed by atoms with Crippen molar-refractivity contribution in [3.8, 4) is 0 Å². The number of aliphatic hydroxyl groups excluding tert-OH is 1. The van der Waals surface area contributed by atoms with E-state index in [4.69, 9.17) is 5.11 Å². The quantitative estimate of drug-likeness (QED) is 0.592. The molecule has 10 heavy (non-hydrogen) atoms. The number of hydrogen-bond donors (Lipinski definition) is 1. The van der Waals surface area contributed by atoms with Gasteiger partial charge in [0.1, 0.15) is 0 Å². The van der Waals surface area contributed by atoms with Crippen LogP contribution in [0.4, 0.5) is 0 Å². The summed E-state index contributed by atoms with van der Waals surface area (Å²) in [6.45, 7) is 7.11. The average molecular weight is 141 g/mol. The molecule has 0 amide bonds. The average Bonchev–Trinajstić information content (AvgIpc) is 1.57. The lowest BCUT2D eigenvalue weighted by Crippen LogP contribution is -2.33. The van der Waals surface area contributed by atoms with Crippen molar-refractivity contribution in [1.82, 2.24) is 0 Å². The van der Waals surface area contributed by atoms with Gasteiger partial charge in [-0.15, -0.1) is 0 Å². The van der Waals surface area contributed by atoms with Gasteiger partial charge < -0.3 is 5.11 Å². The van der Waals surface area contributed by atoms with E-state index in [0.717, 1.165) is 12.8 Å². The van der Waals surface area contributed by atoms with E-state index in [0.29, 0.717) is 17.9 Å². The van der Waals surface area contributed by atoms with Crippen LogP contribution in [0, 0.1) is 17.3 Å². The predicted octanol–water partition coefficient (Wildman–Crippen LogP) is 2.01. The highest BCUT2D eigenvalue weighted by atomic mass is 16.3. The Kier molecular flexibility index (Phi) is 2.04. The van der Waals surface area contributed by atoms with Crippen LogP contribution in [0.5, 0.6) is 0 Å². The van der Waals surface area contributed by atoms with Crippen molar-refractivity contribution < 1.29 is 5.11 Å². The maximum Gasteiger partial charge on any atom is 0.0459 e. The molecule has 0 unspecified atom stereocenters. The number of aliphatic hydroxyl groups is 1. The van der Waals surface area contributed by atoms with Crippen molar-refractivity contribution >= 4 is 0 Å². The van der Waals surface area contributed by atoms with Gasteiger partial charge in [-0.2, -0.15) is 0 Å². The summed E-state index contributed by atoms with van der Waals surface area (Å²) in [6.07, 6.45) is 2.31. The normalized spacial score (nSPS) is 22.8.